The molecule has 1 aromatic heterocycles. The fraction of sp³-hybridized carbons (Fsp3) is 0.111. The number of hydrogen-bond acceptors (Lipinski definition) is 7. The van der Waals surface area contributed by atoms with E-state index >= 15 is 0 Å². The Morgan fingerprint density at radius 2 is 1.93 bits per heavy atom. The van der Waals surface area contributed by atoms with Crippen molar-refractivity contribution in [1.82, 2.24) is 14.9 Å². The van der Waals surface area contributed by atoms with E-state index in [1.54, 1.807) is 24.3 Å². The summed E-state index contributed by atoms with van der Waals surface area (Å²) in [5, 5.41) is 11.2. The molecular weight excluding hydrogens is 366 g/mol. The number of anilines is 1. The zero-order valence-electron chi connectivity index (χ0n) is 14.5. The van der Waals surface area contributed by atoms with Gasteiger partial charge in [0.15, 0.2) is 5.82 Å². The van der Waals surface area contributed by atoms with Crippen LogP contribution in [-0.4, -0.2) is 39.6 Å². The van der Waals surface area contributed by atoms with Crippen LogP contribution < -0.4 is 11.2 Å². The van der Waals surface area contributed by atoms with Gasteiger partial charge in [-0.2, -0.15) is 0 Å². The molecule has 3 aromatic rings. The first-order chi connectivity index (χ1) is 13.1. The van der Waals surface area contributed by atoms with E-state index in [0.717, 1.165) is 5.56 Å². The maximum absolute atomic E-state index is 12.2. The molecule has 0 spiro atoms. The van der Waals surface area contributed by atoms with Gasteiger partial charge in [-0.3, -0.25) is 4.79 Å². The number of nitrogen functional groups attached to an aromatic ring is 1. The van der Waals surface area contributed by atoms with Gasteiger partial charge in [0.25, 0.3) is 0 Å². The number of benzene rings is 2. The minimum Gasteiger partial charge on any atom is -0.465 e. The van der Waals surface area contributed by atoms with Gasteiger partial charge in [0.2, 0.25) is 11.1 Å². The zero-order valence-corrected chi connectivity index (χ0v) is 15.3. The van der Waals surface area contributed by atoms with Crippen LogP contribution in [0.4, 0.5) is 5.69 Å². The lowest BCUT2D eigenvalue weighted by Gasteiger charge is -2.07. The highest BCUT2D eigenvalue weighted by molar-refractivity contribution is 7.99. The first kappa shape index (κ1) is 18.5. The molecule has 27 heavy (non-hydrogen) atoms. The van der Waals surface area contributed by atoms with Crippen molar-refractivity contribution < 1.29 is 14.3 Å². The SMILES string of the molecule is COC(=O)c1cccc(NC(=O)CSc2nnc(-c3ccccc3)n2N)c1. The summed E-state index contributed by atoms with van der Waals surface area (Å²) in [7, 11) is 1.30. The number of rotatable bonds is 6. The van der Waals surface area contributed by atoms with E-state index < -0.39 is 5.97 Å². The number of nitrogens with zero attached hydrogens (tertiary/aromatic N) is 3. The second kappa shape index (κ2) is 8.37. The number of carbonyl (C=O) groups is 2. The van der Waals surface area contributed by atoms with Crippen molar-refractivity contribution in [2.75, 3.05) is 24.0 Å². The minimum absolute atomic E-state index is 0.0899. The summed E-state index contributed by atoms with van der Waals surface area (Å²) in [4.78, 5) is 23.7. The molecule has 1 amide bonds. The number of thioether (sulfide) groups is 1. The van der Waals surface area contributed by atoms with Gasteiger partial charge in [0, 0.05) is 11.3 Å². The van der Waals surface area contributed by atoms with Gasteiger partial charge >= 0.3 is 5.97 Å². The van der Waals surface area contributed by atoms with Crippen LogP contribution >= 0.6 is 11.8 Å². The summed E-state index contributed by atoms with van der Waals surface area (Å²) in [6.07, 6.45) is 0. The Bertz CT molecular complexity index is 959. The van der Waals surface area contributed by atoms with Crippen molar-refractivity contribution >= 4 is 29.3 Å². The monoisotopic (exact) mass is 383 g/mol. The van der Waals surface area contributed by atoms with Crippen LogP contribution in [0.5, 0.6) is 0 Å². The summed E-state index contributed by atoms with van der Waals surface area (Å²) in [6, 6.07) is 15.9. The highest BCUT2D eigenvalue weighted by Crippen LogP contribution is 2.21. The van der Waals surface area contributed by atoms with Crippen molar-refractivity contribution in [2.45, 2.75) is 5.16 Å². The molecule has 2 aromatic carbocycles. The molecule has 1 heterocycles. The van der Waals surface area contributed by atoms with Crippen LogP contribution in [0.1, 0.15) is 10.4 Å². The van der Waals surface area contributed by atoms with E-state index in [0.29, 0.717) is 22.2 Å². The minimum atomic E-state index is -0.467. The Hall–Kier alpha value is -3.33. The summed E-state index contributed by atoms with van der Waals surface area (Å²) in [6.45, 7) is 0. The first-order valence-electron chi connectivity index (χ1n) is 7.95. The fourth-order valence-corrected chi connectivity index (χ4v) is 2.98. The Morgan fingerprint density at radius 1 is 1.15 bits per heavy atom. The number of esters is 1. The fourth-order valence-electron chi connectivity index (χ4n) is 2.33. The van der Waals surface area contributed by atoms with Gasteiger partial charge in [-0.15, -0.1) is 10.2 Å². The standard InChI is InChI=1S/C18H17N5O3S/c1-26-17(25)13-8-5-9-14(10-13)20-15(24)11-27-18-22-21-16(23(18)19)12-6-3-2-4-7-12/h2-10H,11,19H2,1H3,(H,20,24). The highest BCUT2D eigenvalue weighted by atomic mass is 32.2. The Balaban J connectivity index is 1.62. The molecule has 0 aliphatic carbocycles. The predicted octanol–water partition coefficient (Wildman–Crippen LogP) is 2.18. The summed E-state index contributed by atoms with van der Waals surface area (Å²) < 4.78 is 6.02. The van der Waals surface area contributed by atoms with Gasteiger partial charge < -0.3 is 15.9 Å². The molecule has 3 N–H and O–H groups in total. The molecule has 0 saturated heterocycles. The third-order valence-electron chi connectivity index (χ3n) is 3.60. The van der Waals surface area contributed by atoms with Gasteiger partial charge in [-0.1, -0.05) is 48.2 Å². The molecule has 9 heteroatoms. The largest absolute Gasteiger partial charge is 0.465 e. The Morgan fingerprint density at radius 3 is 2.67 bits per heavy atom. The molecule has 0 saturated carbocycles. The van der Waals surface area contributed by atoms with Crippen molar-refractivity contribution in [3.05, 3.63) is 60.2 Å². The molecule has 0 fully saturated rings. The number of hydrogen-bond donors (Lipinski definition) is 2. The lowest BCUT2D eigenvalue weighted by atomic mass is 10.2. The van der Waals surface area contributed by atoms with Crippen molar-refractivity contribution in [3.8, 4) is 11.4 Å². The summed E-state index contributed by atoms with van der Waals surface area (Å²) in [5.74, 6) is 5.91. The Labute approximate surface area is 159 Å². The first-order valence-corrected chi connectivity index (χ1v) is 8.94. The number of amides is 1. The van der Waals surface area contributed by atoms with Crippen molar-refractivity contribution in [1.29, 1.82) is 0 Å². The molecule has 0 atom stereocenters. The van der Waals surface area contributed by atoms with Crippen LogP contribution in [0.15, 0.2) is 59.8 Å². The van der Waals surface area contributed by atoms with Crippen LogP contribution in [0.2, 0.25) is 0 Å². The predicted molar refractivity (Wildman–Crippen MR) is 103 cm³/mol. The van der Waals surface area contributed by atoms with Crippen LogP contribution in [0, 0.1) is 0 Å². The normalized spacial score (nSPS) is 10.4. The zero-order chi connectivity index (χ0) is 19.2. The summed E-state index contributed by atoms with van der Waals surface area (Å²) >= 11 is 1.17. The van der Waals surface area contributed by atoms with E-state index in [2.05, 4.69) is 20.3 Å². The molecule has 0 aliphatic rings. The average molecular weight is 383 g/mol. The van der Waals surface area contributed by atoms with E-state index in [1.807, 2.05) is 30.3 Å². The molecule has 138 valence electrons. The summed E-state index contributed by atoms with van der Waals surface area (Å²) in [5.41, 5.74) is 1.70. The third kappa shape index (κ3) is 4.45. The number of nitrogens with two attached hydrogens (primary N) is 1. The Kier molecular flexibility index (Phi) is 5.72. The molecule has 8 nitrogen and oxygen atoms in total. The van der Waals surface area contributed by atoms with Gasteiger partial charge in [-0.05, 0) is 18.2 Å². The maximum atomic E-state index is 12.2. The molecule has 0 bridgehead atoms. The number of aromatic nitrogens is 3. The smallest absolute Gasteiger partial charge is 0.337 e. The quantitative estimate of drug-likeness (QED) is 0.381. The third-order valence-corrected chi connectivity index (χ3v) is 4.54. The van der Waals surface area contributed by atoms with E-state index in [-0.39, 0.29) is 11.7 Å². The number of nitrogens with one attached hydrogen (secondary N) is 1. The lowest BCUT2D eigenvalue weighted by molar-refractivity contribution is -0.113. The van der Waals surface area contributed by atoms with Gasteiger partial charge in [-0.25, -0.2) is 9.47 Å². The van der Waals surface area contributed by atoms with Crippen molar-refractivity contribution in [2.24, 2.45) is 0 Å². The lowest BCUT2D eigenvalue weighted by Crippen LogP contribution is -2.16. The van der Waals surface area contributed by atoms with Gasteiger partial charge in [0.05, 0.1) is 18.4 Å². The molecule has 0 radical (unpaired) electrons. The number of ether oxygens (including phenoxy) is 1. The molecule has 0 aliphatic heterocycles. The topological polar surface area (TPSA) is 112 Å². The molecule has 0 unspecified atom stereocenters. The van der Waals surface area contributed by atoms with E-state index in [1.165, 1.54) is 23.5 Å². The second-order valence-electron chi connectivity index (χ2n) is 5.45. The molecular formula is C18H17N5O3S. The van der Waals surface area contributed by atoms with Crippen LogP contribution in [0.25, 0.3) is 11.4 Å². The second-order valence-corrected chi connectivity index (χ2v) is 6.39. The molecule has 3 rings (SSSR count). The number of methoxy groups -OCH3 is 1. The van der Waals surface area contributed by atoms with Crippen LogP contribution in [0.3, 0.4) is 0 Å². The maximum Gasteiger partial charge on any atom is 0.337 e. The van der Waals surface area contributed by atoms with Gasteiger partial charge in [0.1, 0.15) is 0 Å². The van der Waals surface area contributed by atoms with Crippen molar-refractivity contribution in [3.63, 3.8) is 0 Å². The van der Waals surface area contributed by atoms with Crippen LogP contribution in [-0.2, 0) is 9.53 Å². The average Bonchev–Trinajstić information content (AvgIpc) is 3.07. The number of carbonyl (C=O) groups excluding carboxylic acids is 2. The van der Waals surface area contributed by atoms with E-state index in [4.69, 9.17) is 5.84 Å². The highest BCUT2D eigenvalue weighted by Gasteiger charge is 2.14. The van der Waals surface area contributed by atoms with E-state index in [9.17, 15) is 9.59 Å².